The molecule has 2 aliphatic rings. The first kappa shape index (κ1) is 20.0. The molecule has 0 unspecified atom stereocenters. The normalized spacial score (nSPS) is 16.5. The van der Waals surface area contributed by atoms with E-state index in [-0.39, 0.29) is 23.5 Å². The second kappa shape index (κ2) is 7.72. The highest BCUT2D eigenvalue weighted by Gasteiger charge is 2.32. The molecule has 2 aromatic heterocycles. The summed E-state index contributed by atoms with van der Waals surface area (Å²) in [6.07, 6.45) is 4.11. The molecule has 4 aromatic rings. The Morgan fingerprint density at radius 3 is 2.58 bits per heavy atom. The van der Waals surface area contributed by atoms with Crippen LogP contribution in [0.25, 0.3) is 16.7 Å². The summed E-state index contributed by atoms with van der Waals surface area (Å²) in [5.41, 5.74) is 4.98. The molecular weight excluding hydrogens is 421 g/mol. The number of aromatic nitrogens is 4. The predicted molar refractivity (Wildman–Crippen MR) is 122 cm³/mol. The molecule has 7 nitrogen and oxygen atoms in total. The van der Waals surface area contributed by atoms with Crippen LogP contribution in [0.15, 0.2) is 53.3 Å². The molecule has 1 aliphatic heterocycles. The highest BCUT2D eigenvalue weighted by atomic mass is 19.1. The topological polar surface area (TPSA) is 75.9 Å². The van der Waals surface area contributed by atoms with Crippen LogP contribution in [0.2, 0.25) is 0 Å². The van der Waals surface area contributed by atoms with Gasteiger partial charge in [0, 0.05) is 30.4 Å². The summed E-state index contributed by atoms with van der Waals surface area (Å²) in [7, 11) is 0. The quantitative estimate of drug-likeness (QED) is 0.523. The molecule has 3 heterocycles. The van der Waals surface area contributed by atoms with Crippen LogP contribution in [0.5, 0.6) is 0 Å². The van der Waals surface area contributed by atoms with Crippen LogP contribution in [0.1, 0.15) is 47.1 Å². The summed E-state index contributed by atoms with van der Waals surface area (Å²) in [4.78, 5) is 30.8. The standard InChI is InChI=1S/C25H24FN5O2/c26-16-8-10-18(11-9-16)31-21-7-3-4-19(21)23(28-31)24(32)29-14-12-17(13-15-29)30-22-6-2-1-5-20(22)27-25(30)33/h1-2,5-6,8-11,17H,3-4,7,12-15H2,(H,27,33). The fraction of sp³-hybridized carbons (Fsp3) is 0.320. The maximum Gasteiger partial charge on any atom is 0.326 e. The van der Waals surface area contributed by atoms with Crippen LogP contribution in [0.3, 0.4) is 0 Å². The van der Waals surface area contributed by atoms with E-state index in [9.17, 15) is 14.0 Å². The van der Waals surface area contributed by atoms with Gasteiger partial charge in [-0.2, -0.15) is 5.10 Å². The number of carbonyl (C=O) groups excluding carboxylic acids is 1. The van der Waals surface area contributed by atoms with Gasteiger partial charge in [-0.3, -0.25) is 9.36 Å². The number of H-pyrrole nitrogens is 1. The molecule has 2 aromatic carbocycles. The molecule has 168 valence electrons. The van der Waals surface area contributed by atoms with E-state index in [4.69, 9.17) is 0 Å². The highest BCUT2D eigenvalue weighted by Crippen LogP contribution is 2.30. The molecule has 0 radical (unpaired) electrons. The zero-order valence-corrected chi connectivity index (χ0v) is 18.1. The maximum absolute atomic E-state index is 13.4. The molecule has 6 rings (SSSR count). The van der Waals surface area contributed by atoms with Crippen molar-refractivity contribution in [3.63, 3.8) is 0 Å². The third kappa shape index (κ3) is 3.28. The van der Waals surface area contributed by atoms with Crippen molar-refractivity contribution in [2.24, 2.45) is 0 Å². The van der Waals surface area contributed by atoms with Gasteiger partial charge in [0.1, 0.15) is 5.82 Å². The van der Waals surface area contributed by atoms with Gasteiger partial charge in [-0.25, -0.2) is 13.9 Å². The van der Waals surface area contributed by atoms with E-state index in [0.29, 0.717) is 31.6 Å². The number of nitrogens with one attached hydrogen (secondary N) is 1. The number of hydrogen-bond acceptors (Lipinski definition) is 3. The van der Waals surface area contributed by atoms with E-state index in [0.717, 1.165) is 47.2 Å². The number of piperidine rings is 1. The molecule has 0 bridgehead atoms. The minimum absolute atomic E-state index is 0.0557. The second-order valence-electron chi connectivity index (χ2n) is 8.86. The largest absolute Gasteiger partial charge is 0.337 e. The SMILES string of the molecule is O=C(c1nn(-c2ccc(F)cc2)c2c1CCC2)N1CCC(n2c(=O)[nH]c3ccccc32)CC1. The van der Waals surface area contributed by atoms with Crippen LogP contribution in [0, 0.1) is 5.82 Å². The Morgan fingerprint density at radius 1 is 1.03 bits per heavy atom. The lowest BCUT2D eigenvalue weighted by atomic mass is 10.0. The third-order valence-electron chi connectivity index (χ3n) is 6.94. The lowest BCUT2D eigenvalue weighted by Gasteiger charge is -2.32. The Balaban J connectivity index is 1.24. The number of nitrogens with zero attached hydrogens (tertiary/aromatic N) is 4. The monoisotopic (exact) mass is 445 g/mol. The van der Waals surface area contributed by atoms with E-state index < -0.39 is 0 Å². The fourth-order valence-electron chi connectivity index (χ4n) is 5.32. The Labute approximate surface area is 189 Å². The van der Waals surface area contributed by atoms with Gasteiger partial charge in [-0.05, 0) is 68.5 Å². The number of hydrogen-bond donors (Lipinski definition) is 1. The van der Waals surface area contributed by atoms with Gasteiger partial charge in [-0.15, -0.1) is 0 Å². The zero-order valence-electron chi connectivity index (χ0n) is 18.1. The Bertz CT molecular complexity index is 1410. The first-order chi connectivity index (χ1) is 16.1. The average molecular weight is 445 g/mol. The minimum atomic E-state index is -0.295. The first-order valence-electron chi connectivity index (χ1n) is 11.5. The molecule has 1 saturated heterocycles. The number of para-hydroxylation sites is 2. The summed E-state index contributed by atoms with van der Waals surface area (Å²) >= 11 is 0. The molecule has 8 heteroatoms. The van der Waals surface area contributed by atoms with Crippen molar-refractivity contribution >= 4 is 16.9 Å². The van der Waals surface area contributed by atoms with Crippen LogP contribution >= 0.6 is 0 Å². The van der Waals surface area contributed by atoms with E-state index in [1.807, 2.05) is 33.7 Å². The number of amides is 1. The molecule has 0 spiro atoms. The van der Waals surface area contributed by atoms with Crippen LogP contribution in [-0.4, -0.2) is 43.2 Å². The average Bonchev–Trinajstić information content (AvgIpc) is 3.52. The summed E-state index contributed by atoms with van der Waals surface area (Å²) < 4.78 is 17.0. The number of halogens is 1. The summed E-state index contributed by atoms with van der Waals surface area (Å²) in [5.74, 6) is -0.352. The smallest absolute Gasteiger partial charge is 0.326 e. The number of carbonyl (C=O) groups is 1. The van der Waals surface area contributed by atoms with Gasteiger partial charge < -0.3 is 9.88 Å². The van der Waals surface area contributed by atoms with E-state index in [2.05, 4.69) is 10.1 Å². The highest BCUT2D eigenvalue weighted by molar-refractivity contribution is 5.94. The van der Waals surface area contributed by atoms with Gasteiger partial charge in [-0.1, -0.05) is 12.1 Å². The number of likely N-dealkylation sites (tertiary alicyclic amines) is 1. The van der Waals surface area contributed by atoms with Crippen molar-refractivity contribution in [1.82, 2.24) is 24.2 Å². The van der Waals surface area contributed by atoms with Crippen molar-refractivity contribution < 1.29 is 9.18 Å². The molecule has 1 fully saturated rings. The number of fused-ring (bicyclic) bond motifs is 2. The van der Waals surface area contributed by atoms with Crippen molar-refractivity contribution in [1.29, 1.82) is 0 Å². The van der Waals surface area contributed by atoms with Crippen LogP contribution in [0.4, 0.5) is 4.39 Å². The molecule has 33 heavy (non-hydrogen) atoms. The van der Waals surface area contributed by atoms with Gasteiger partial charge in [0.2, 0.25) is 0 Å². The Morgan fingerprint density at radius 2 is 1.79 bits per heavy atom. The summed E-state index contributed by atoms with van der Waals surface area (Å²) in [6.45, 7) is 1.15. The molecule has 1 aliphatic carbocycles. The number of rotatable bonds is 3. The molecule has 1 N–H and O–H groups in total. The van der Waals surface area contributed by atoms with Crippen molar-refractivity contribution in [2.75, 3.05) is 13.1 Å². The number of benzene rings is 2. The van der Waals surface area contributed by atoms with Gasteiger partial charge in [0.25, 0.3) is 5.91 Å². The zero-order chi connectivity index (χ0) is 22.5. The van der Waals surface area contributed by atoms with E-state index >= 15 is 0 Å². The summed E-state index contributed by atoms with van der Waals surface area (Å²) in [5, 5.41) is 4.67. The van der Waals surface area contributed by atoms with Crippen molar-refractivity contribution in [3.05, 3.63) is 81.8 Å². The van der Waals surface area contributed by atoms with Crippen LogP contribution < -0.4 is 5.69 Å². The van der Waals surface area contributed by atoms with Gasteiger partial charge >= 0.3 is 5.69 Å². The third-order valence-corrected chi connectivity index (χ3v) is 6.94. The molecule has 0 atom stereocenters. The first-order valence-corrected chi connectivity index (χ1v) is 11.5. The molecule has 0 saturated carbocycles. The van der Waals surface area contributed by atoms with Gasteiger partial charge in [0.05, 0.1) is 16.7 Å². The predicted octanol–water partition coefficient (Wildman–Crippen LogP) is 3.62. The fourth-order valence-corrected chi connectivity index (χ4v) is 5.32. The van der Waals surface area contributed by atoms with Gasteiger partial charge in [0.15, 0.2) is 5.69 Å². The van der Waals surface area contributed by atoms with E-state index in [1.54, 1.807) is 16.8 Å². The van der Waals surface area contributed by atoms with Crippen molar-refractivity contribution in [3.8, 4) is 5.69 Å². The minimum Gasteiger partial charge on any atom is -0.337 e. The Hall–Kier alpha value is -3.68. The number of aromatic amines is 1. The van der Waals surface area contributed by atoms with E-state index in [1.165, 1.54) is 12.1 Å². The van der Waals surface area contributed by atoms with Crippen molar-refractivity contribution in [2.45, 2.75) is 38.1 Å². The van der Waals surface area contributed by atoms with Crippen LogP contribution in [-0.2, 0) is 12.8 Å². The lowest BCUT2D eigenvalue weighted by Crippen LogP contribution is -2.41. The maximum atomic E-state index is 13.4. The summed E-state index contributed by atoms with van der Waals surface area (Å²) in [6, 6.07) is 14.0. The number of imidazole rings is 1. The molecular formula is C25H24FN5O2. The Kier molecular flexibility index (Phi) is 4.67. The lowest BCUT2D eigenvalue weighted by molar-refractivity contribution is 0.0687. The molecule has 1 amide bonds. The second-order valence-corrected chi connectivity index (χ2v) is 8.86.